The Kier molecular flexibility index (Phi) is 5.14. The summed E-state index contributed by atoms with van der Waals surface area (Å²) in [5.41, 5.74) is 1.44. The summed E-state index contributed by atoms with van der Waals surface area (Å²) >= 11 is 0. The third-order valence-corrected chi connectivity index (χ3v) is 3.53. The summed E-state index contributed by atoms with van der Waals surface area (Å²) in [6, 6.07) is 5.08. The van der Waals surface area contributed by atoms with Crippen LogP contribution in [0.5, 0.6) is 0 Å². The standard InChI is InChI=1S/C16H20N2O4/c1-10-6-5-7-12(14(10)18-11(2)19)16(21)22-13-8-3-4-9-17-15(13)20/h5-7,13H,3-4,8-9H2,1-2H3,(H,17,20)(H,18,19). The van der Waals surface area contributed by atoms with E-state index in [1.54, 1.807) is 25.1 Å². The number of rotatable bonds is 3. The SMILES string of the molecule is CC(=O)Nc1c(C)cccc1C(=O)OC1CCCCNC1=O. The molecule has 0 saturated carbocycles. The number of para-hydroxylation sites is 1. The fourth-order valence-electron chi connectivity index (χ4n) is 2.40. The fourth-order valence-corrected chi connectivity index (χ4v) is 2.40. The first kappa shape index (κ1) is 16.0. The van der Waals surface area contributed by atoms with Gasteiger partial charge in [-0.05, 0) is 37.8 Å². The Morgan fingerprint density at radius 1 is 1.32 bits per heavy atom. The van der Waals surface area contributed by atoms with Gasteiger partial charge < -0.3 is 15.4 Å². The van der Waals surface area contributed by atoms with E-state index in [1.807, 2.05) is 0 Å². The van der Waals surface area contributed by atoms with Gasteiger partial charge >= 0.3 is 5.97 Å². The molecule has 1 atom stereocenters. The molecular formula is C16H20N2O4. The fraction of sp³-hybridized carbons (Fsp3) is 0.438. The lowest BCUT2D eigenvalue weighted by molar-refractivity contribution is -0.129. The van der Waals surface area contributed by atoms with Crippen LogP contribution in [-0.4, -0.2) is 30.4 Å². The van der Waals surface area contributed by atoms with Gasteiger partial charge in [-0.2, -0.15) is 0 Å². The van der Waals surface area contributed by atoms with Crippen LogP contribution in [0.4, 0.5) is 5.69 Å². The Labute approximate surface area is 129 Å². The monoisotopic (exact) mass is 304 g/mol. The number of hydrogen-bond acceptors (Lipinski definition) is 4. The molecule has 0 bridgehead atoms. The Morgan fingerprint density at radius 2 is 2.09 bits per heavy atom. The van der Waals surface area contributed by atoms with E-state index in [2.05, 4.69) is 10.6 Å². The molecule has 1 unspecified atom stereocenters. The Bertz CT molecular complexity index is 598. The van der Waals surface area contributed by atoms with Gasteiger partial charge in [0.25, 0.3) is 5.91 Å². The van der Waals surface area contributed by atoms with Crippen LogP contribution in [0.3, 0.4) is 0 Å². The number of carbonyl (C=O) groups excluding carboxylic acids is 3. The first-order chi connectivity index (χ1) is 10.5. The number of benzene rings is 1. The molecule has 0 aromatic heterocycles. The van der Waals surface area contributed by atoms with Crippen molar-refractivity contribution in [3.63, 3.8) is 0 Å². The highest BCUT2D eigenvalue weighted by molar-refractivity contribution is 6.02. The second kappa shape index (κ2) is 7.06. The maximum Gasteiger partial charge on any atom is 0.341 e. The summed E-state index contributed by atoms with van der Waals surface area (Å²) in [5, 5.41) is 5.37. The van der Waals surface area contributed by atoms with E-state index >= 15 is 0 Å². The molecule has 2 N–H and O–H groups in total. The van der Waals surface area contributed by atoms with Crippen LogP contribution in [0.2, 0.25) is 0 Å². The number of nitrogens with one attached hydrogen (secondary N) is 2. The molecule has 0 aliphatic carbocycles. The average molecular weight is 304 g/mol. The van der Waals surface area contributed by atoms with Crippen molar-refractivity contribution in [1.82, 2.24) is 5.32 Å². The molecule has 2 rings (SSSR count). The van der Waals surface area contributed by atoms with E-state index in [0.717, 1.165) is 18.4 Å². The first-order valence-electron chi connectivity index (χ1n) is 7.35. The molecule has 1 saturated heterocycles. The Balaban J connectivity index is 2.20. The maximum atomic E-state index is 12.4. The van der Waals surface area contributed by atoms with Gasteiger partial charge in [-0.1, -0.05) is 12.1 Å². The third-order valence-electron chi connectivity index (χ3n) is 3.53. The van der Waals surface area contributed by atoms with E-state index in [1.165, 1.54) is 6.92 Å². The Morgan fingerprint density at radius 3 is 2.82 bits per heavy atom. The van der Waals surface area contributed by atoms with Gasteiger partial charge in [-0.3, -0.25) is 9.59 Å². The first-order valence-corrected chi connectivity index (χ1v) is 7.35. The summed E-state index contributed by atoms with van der Waals surface area (Å²) < 4.78 is 5.34. The topological polar surface area (TPSA) is 84.5 Å². The molecule has 1 fully saturated rings. The minimum absolute atomic E-state index is 0.257. The van der Waals surface area contributed by atoms with Crippen LogP contribution >= 0.6 is 0 Å². The predicted molar refractivity (Wildman–Crippen MR) is 81.5 cm³/mol. The number of anilines is 1. The van der Waals surface area contributed by atoms with Crippen molar-refractivity contribution >= 4 is 23.5 Å². The summed E-state index contributed by atoms with van der Waals surface area (Å²) in [4.78, 5) is 35.5. The molecule has 2 amide bonds. The molecule has 0 spiro atoms. The number of carbonyl (C=O) groups is 3. The van der Waals surface area contributed by atoms with Crippen molar-refractivity contribution in [2.75, 3.05) is 11.9 Å². The zero-order valence-corrected chi connectivity index (χ0v) is 12.8. The quantitative estimate of drug-likeness (QED) is 0.834. The molecule has 118 valence electrons. The lowest BCUT2D eigenvalue weighted by atomic mass is 10.1. The molecule has 1 aromatic carbocycles. The van der Waals surface area contributed by atoms with E-state index in [0.29, 0.717) is 18.7 Å². The lowest BCUT2D eigenvalue weighted by Crippen LogP contribution is -2.36. The number of aryl methyl sites for hydroxylation is 1. The number of hydrogen-bond donors (Lipinski definition) is 2. The van der Waals surface area contributed by atoms with Gasteiger partial charge in [0.2, 0.25) is 5.91 Å². The summed E-state index contributed by atoms with van der Waals surface area (Å²) in [6.07, 6.45) is 1.43. The van der Waals surface area contributed by atoms with E-state index in [4.69, 9.17) is 4.74 Å². The van der Waals surface area contributed by atoms with E-state index < -0.39 is 12.1 Å². The van der Waals surface area contributed by atoms with Crippen molar-refractivity contribution in [3.05, 3.63) is 29.3 Å². The second-order valence-corrected chi connectivity index (χ2v) is 5.36. The van der Waals surface area contributed by atoms with Gasteiger partial charge in [0.1, 0.15) is 0 Å². The van der Waals surface area contributed by atoms with Gasteiger partial charge in [0.15, 0.2) is 6.10 Å². The molecule has 1 aromatic rings. The highest BCUT2D eigenvalue weighted by Gasteiger charge is 2.26. The van der Waals surface area contributed by atoms with Crippen LogP contribution in [0.15, 0.2) is 18.2 Å². The van der Waals surface area contributed by atoms with Crippen LogP contribution in [0.1, 0.15) is 42.1 Å². The highest BCUT2D eigenvalue weighted by atomic mass is 16.5. The second-order valence-electron chi connectivity index (χ2n) is 5.36. The number of amides is 2. The Hall–Kier alpha value is -2.37. The zero-order chi connectivity index (χ0) is 16.1. The minimum Gasteiger partial charge on any atom is -0.449 e. The summed E-state index contributed by atoms with van der Waals surface area (Å²) in [6.45, 7) is 3.77. The molecule has 1 aliphatic rings. The molecule has 6 nitrogen and oxygen atoms in total. The van der Waals surface area contributed by atoms with Crippen molar-refractivity contribution in [1.29, 1.82) is 0 Å². The van der Waals surface area contributed by atoms with Gasteiger partial charge in [0, 0.05) is 13.5 Å². The van der Waals surface area contributed by atoms with E-state index in [9.17, 15) is 14.4 Å². The predicted octanol–water partition coefficient (Wildman–Crippen LogP) is 1.78. The van der Waals surface area contributed by atoms with E-state index in [-0.39, 0.29) is 17.4 Å². The lowest BCUT2D eigenvalue weighted by Gasteiger charge is -2.17. The smallest absolute Gasteiger partial charge is 0.341 e. The molecule has 1 aliphatic heterocycles. The van der Waals surface area contributed by atoms with Gasteiger partial charge in [-0.15, -0.1) is 0 Å². The molecule has 0 radical (unpaired) electrons. The summed E-state index contributed by atoms with van der Waals surface area (Å²) in [7, 11) is 0. The minimum atomic E-state index is -0.777. The van der Waals surface area contributed by atoms with Gasteiger partial charge in [0.05, 0.1) is 11.3 Å². The highest BCUT2D eigenvalue weighted by Crippen LogP contribution is 2.22. The normalized spacial score (nSPS) is 18.1. The van der Waals surface area contributed by atoms with Crippen molar-refractivity contribution in [2.24, 2.45) is 0 Å². The largest absolute Gasteiger partial charge is 0.449 e. The third kappa shape index (κ3) is 3.84. The van der Waals surface area contributed by atoms with Crippen molar-refractivity contribution in [3.8, 4) is 0 Å². The average Bonchev–Trinajstić information content (AvgIpc) is 2.66. The zero-order valence-electron chi connectivity index (χ0n) is 12.8. The van der Waals surface area contributed by atoms with Crippen LogP contribution < -0.4 is 10.6 Å². The molecule has 22 heavy (non-hydrogen) atoms. The maximum absolute atomic E-state index is 12.4. The number of ether oxygens (including phenoxy) is 1. The van der Waals surface area contributed by atoms with Crippen LogP contribution in [-0.2, 0) is 14.3 Å². The molecule has 6 heteroatoms. The van der Waals surface area contributed by atoms with Crippen molar-refractivity contribution in [2.45, 2.75) is 39.2 Å². The molecular weight excluding hydrogens is 284 g/mol. The van der Waals surface area contributed by atoms with Crippen LogP contribution in [0, 0.1) is 6.92 Å². The number of esters is 1. The summed E-state index contributed by atoms with van der Waals surface area (Å²) in [5.74, 6) is -1.13. The molecule has 1 heterocycles. The van der Waals surface area contributed by atoms with Gasteiger partial charge in [-0.25, -0.2) is 4.79 Å². The van der Waals surface area contributed by atoms with Crippen molar-refractivity contribution < 1.29 is 19.1 Å². The van der Waals surface area contributed by atoms with Crippen LogP contribution in [0.25, 0.3) is 0 Å².